The lowest BCUT2D eigenvalue weighted by Crippen LogP contribution is -2.54. The van der Waals surface area contributed by atoms with Gasteiger partial charge < -0.3 is 15.2 Å². The van der Waals surface area contributed by atoms with Crippen LogP contribution in [0.4, 0.5) is 5.69 Å². The van der Waals surface area contributed by atoms with Crippen molar-refractivity contribution in [1.82, 2.24) is 4.90 Å². The number of benzene rings is 2. The van der Waals surface area contributed by atoms with Crippen molar-refractivity contribution < 1.29 is 14.6 Å². The number of nitrogens with one attached hydrogen (secondary N) is 1. The summed E-state index contributed by atoms with van der Waals surface area (Å²) in [5, 5.41) is 13.5. The normalized spacial score (nSPS) is 16.8. The first kappa shape index (κ1) is 18.5. The second-order valence-corrected chi connectivity index (χ2v) is 7.03. The molecule has 5 nitrogen and oxygen atoms in total. The third kappa shape index (κ3) is 4.11. The first-order valence-corrected chi connectivity index (χ1v) is 9.02. The van der Waals surface area contributed by atoms with Crippen LogP contribution in [0.5, 0.6) is 5.75 Å². The Bertz CT molecular complexity index is 759. The molecule has 0 aliphatic carbocycles. The Kier molecular flexibility index (Phi) is 5.69. The molecule has 0 radical (unpaired) electrons. The highest BCUT2D eigenvalue weighted by molar-refractivity contribution is 6.32. The Balaban J connectivity index is 1.68. The number of hydrogen-bond acceptors (Lipinski definition) is 4. The van der Waals surface area contributed by atoms with Crippen LogP contribution in [0.15, 0.2) is 48.5 Å². The van der Waals surface area contributed by atoms with E-state index in [1.165, 1.54) is 5.56 Å². The summed E-state index contributed by atoms with van der Waals surface area (Å²) < 4.78 is 5.15. The van der Waals surface area contributed by atoms with Gasteiger partial charge in [-0.15, -0.1) is 0 Å². The second kappa shape index (κ2) is 7.98. The Morgan fingerprint density at radius 3 is 2.50 bits per heavy atom. The lowest BCUT2D eigenvalue weighted by molar-refractivity contribution is -0.144. The number of carbonyl (C=O) groups is 1. The van der Waals surface area contributed by atoms with Crippen LogP contribution in [0.2, 0.25) is 5.02 Å². The Morgan fingerprint density at radius 2 is 1.92 bits per heavy atom. The van der Waals surface area contributed by atoms with Crippen molar-refractivity contribution in [2.45, 2.75) is 24.9 Å². The van der Waals surface area contributed by atoms with Crippen molar-refractivity contribution in [3.63, 3.8) is 0 Å². The van der Waals surface area contributed by atoms with Crippen LogP contribution in [-0.2, 0) is 11.3 Å². The fourth-order valence-electron chi connectivity index (χ4n) is 3.35. The number of methoxy groups -OCH3 is 1. The molecule has 26 heavy (non-hydrogen) atoms. The first-order valence-electron chi connectivity index (χ1n) is 8.64. The number of hydrogen-bond donors (Lipinski definition) is 2. The monoisotopic (exact) mass is 374 g/mol. The lowest BCUT2D eigenvalue weighted by atomic mass is 9.87. The zero-order valence-corrected chi connectivity index (χ0v) is 15.5. The van der Waals surface area contributed by atoms with Gasteiger partial charge in [0.1, 0.15) is 11.3 Å². The number of likely N-dealkylation sites (tertiary alicyclic amines) is 1. The molecule has 2 N–H and O–H groups in total. The molecule has 6 heteroatoms. The van der Waals surface area contributed by atoms with Crippen LogP contribution in [0, 0.1) is 0 Å². The minimum atomic E-state index is -0.981. The van der Waals surface area contributed by atoms with Crippen molar-refractivity contribution in [2.24, 2.45) is 0 Å². The molecule has 1 heterocycles. The molecule has 0 unspecified atom stereocenters. The molecule has 0 spiro atoms. The Morgan fingerprint density at radius 1 is 1.23 bits per heavy atom. The number of rotatable bonds is 6. The molecule has 0 amide bonds. The Labute approximate surface area is 158 Å². The van der Waals surface area contributed by atoms with Crippen molar-refractivity contribution in [2.75, 3.05) is 25.5 Å². The van der Waals surface area contributed by atoms with Crippen LogP contribution in [-0.4, -0.2) is 41.7 Å². The summed E-state index contributed by atoms with van der Waals surface area (Å²) in [6.45, 7) is 2.28. The molecule has 3 rings (SSSR count). The van der Waals surface area contributed by atoms with Gasteiger partial charge in [-0.25, -0.2) is 4.79 Å². The summed E-state index contributed by atoms with van der Waals surface area (Å²) in [7, 11) is 1.55. The SMILES string of the molecule is COc1ccc(NC2(C(=O)O)CCN(Cc3ccccc3)CC2)cc1Cl. The van der Waals surface area contributed by atoms with E-state index in [9.17, 15) is 9.90 Å². The van der Waals surface area contributed by atoms with E-state index >= 15 is 0 Å². The third-order valence-corrected chi connectivity index (χ3v) is 5.20. The van der Waals surface area contributed by atoms with Gasteiger partial charge >= 0.3 is 5.97 Å². The molecule has 2 aromatic carbocycles. The summed E-state index contributed by atoms with van der Waals surface area (Å²) in [6.07, 6.45) is 1.05. The summed E-state index contributed by atoms with van der Waals surface area (Å²) in [5.74, 6) is -0.261. The number of piperidine rings is 1. The third-order valence-electron chi connectivity index (χ3n) is 4.90. The molecule has 1 fully saturated rings. The average Bonchev–Trinajstić information content (AvgIpc) is 2.64. The summed E-state index contributed by atoms with van der Waals surface area (Å²) in [5.41, 5.74) is 0.949. The van der Waals surface area contributed by atoms with Crippen molar-refractivity contribution in [3.05, 3.63) is 59.1 Å². The van der Waals surface area contributed by atoms with Crippen LogP contribution in [0.1, 0.15) is 18.4 Å². The van der Waals surface area contributed by atoms with Gasteiger partial charge in [0, 0.05) is 25.3 Å². The highest BCUT2D eigenvalue weighted by Gasteiger charge is 2.41. The Hall–Kier alpha value is -2.24. The van der Waals surface area contributed by atoms with Gasteiger partial charge in [-0.1, -0.05) is 41.9 Å². The number of carboxylic acids is 1. The van der Waals surface area contributed by atoms with Crippen LogP contribution < -0.4 is 10.1 Å². The fourth-order valence-corrected chi connectivity index (χ4v) is 3.60. The van der Waals surface area contributed by atoms with Gasteiger partial charge in [-0.3, -0.25) is 4.90 Å². The standard InChI is InChI=1S/C20H23ClN2O3/c1-26-18-8-7-16(13-17(18)21)22-20(19(24)25)9-11-23(12-10-20)14-15-5-3-2-4-6-15/h2-8,13,22H,9-12,14H2,1H3,(H,24,25). The van der Waals surface area contributed by atoms with Crippen molar-refractivity contribution in [3.8, 4) is 5.75 Å². The van der Waals surface area contributed by atoms with E-state index in [1.54, 1.807) is 25.3 Å². The number of carboxylic acid groups (broad SMARTS) is 1. The van der Waals surface area contributed by atoms with Gasteiger partial charge in [-0.2, -0.15) is 0 Å². The average molecular weight is 375 g/mol. The zero-order valence-electron chi connectivity index (χ0n) is 14.7. The van der Waals surface area contributed by atoms with E-state index < -0.39 is 11.5 Å². The fraction of sp³-hybridized carbons (Fsp3) is 0.350. The minimum absolute atomic E-state index is 0.458. The molecule has 0 aromatic heterocycles. The highest BCUT2D eigenvalue weighted by atomic mass is 35.5. The maximum atomic E-state index is 12.0. The summed E-state index contributed by atoms with van der Waals surface area (Å²) in [6, 6.07) is 15.5. The van der Waals surface area contributed by atoms with Gasteiger partial charge in [-0.05, 0) is 36.6 Å². The number of halogens is 1. The van der Waals surface area contributed by atoms with Crippen LogP contribution in [0.3, 0.4) is 0 Å². The van der Waals surface area contributed by atoms with Gasteiger partial charge in [0.05, 0.1) is 12.1 Å². The summed E-state index contributed by atoms with van der Waals surface area (Å²) in [4.78, 5) is 14.3. The van der Waals surface area contributed by atoms with E-state index in [0.29, 0.717) is 29.3 Å². The van der Waals surface area contributed by atoms with Crippen molar-refractivity contribution >= 4 is 23.3 Å². The van der Waals surface area contributed by atoms with Crippen molar-refractivity contribution in [1.29, 1.82) is 0 Å². The number of aliphatic carboxylic acids is 1. The number of anilines is 1. The predicted octanol–water partition coefficient (Wildman–Crippen LogP) is 3.88. The maximum Gasteiger partial charge on any atom is 0.329 e. The van der Waals surface area contributed by atoms with E-state index in [4.69, 9.17) is 16.3 Å². The first-order chi connectivity index (χ1) is 12.5. The largest absolute Gasteiger partial charge is 0.495 e. The number of nitrogens with zero attached hydrogens (tertiary/aromatic N) is 1. The van der Waals surface area contributed by atoms with E-state index in [2.05, 4.69) is 22.3 Å². The molecule has 0 bridgehead atoms. The van der Waals surface area contributed by atoms with Gasteiger partial charge in [0.2, 0.25) is 0 Å². The molecule has 1 saturated heterocycles. The molecule has 138 valence electrons. The number of ether oxygens (including phenoxy) is 1. The minimum Gasteiger partial charge on any atom is -0.495 e. The smallest absolute Gasteiger partial charge is 0.329 e. The van der Waals surface area contributed by atoms with Crippen LogP contribution >= 0.6 is 11.6 Å². The molecule has 1 aliphatic rings. The van der Waals surface area contributed by atoms with E-state index in [-0.39, 0.29) is 0 Å². The molecule has 0 saturated carbocycles. The van der Waals surface area contributed by atoms with Gasteiger partial charge in [0.15, 0.2) is 0 Å². The van der Waals surface area contributed by atoms with Crippen LogP contribution in [0.25, 0.3) is 0 Å². The molecular formula is C20H23ClN2O3. The molecular weight excluding hydrogens is 352 g/mol. The highest BCUT2D eigenvalue weighted by Crippen LogP contribution is 2.32. The van der Waals surface area contributed by atoms with E-state index in [1.807, 2.05) is 18.2 Å². The molecule has 1 aliphatic heterocycles. The molecule has 0 atom stereocenters. The summed E-state index contributed by atoms with van der Waals surface area (Å²) >= 11 is 6.16. The maximum absolute atomic E-state index is 12.0. The lowest BCUT2D eigenvalue weighted by Gasteiger charge is -2.40. The van der Waals surface area contributed by atoms with E-state index in [0.717, 1.165) is 19.6 Å². The van der Waals surface area contributed by atoms with Gasteiger partial charge in [0.25, 0.3) is 0 Å². The topological polar surface area (TPSA) is 61.8 Å². The quantitative estimate of drug-likeness (QED) is 0.803. The predicted molar refractivity (Wildman–Crippen MR) is 103 cm³/mol. The second-order valence-electron chi connectivity index (χ2n) is 6.62. The zero-order chi connectivity index (χ0) is 18.6. The molecule has 2 aromatic rings.